The molecule has 2 aliphatic rings. The molecule has 0 aromatic heterocycles. The summed E-state index contributed by atoms with van der Waals surface area (Å²) in [6.45, 7) is 8.30. The van der Waals surface area contributed by atoms with E-state index < -0.39 is 0 Å². The van der Waals surface area contributed by atoms with Crippen LogP contribution < -0.4 is 4.74 Å². The van der Waals surface area contributed by atoms with Gasteiger partial charge in [0.2, 0.25) is 5.91 Å². The molecule has 0 unspecified atom stereocenters. The van der Waals surface area contributed by atoms with Crippen molar-refractivity contribution in [3.63, 3.8) is 0 Å². The number of hydrogen-bond donors (Lipinski definition) is 0. The Bertz CT molecular complexity index is 637. The number of hydrogen-bond acceptors (Lipinski definition) is 3. The number of benzene rings is 1. The van der Waals surface area contributed by atoms with Gasteiger partial charge in [-0.05, 0) is 63.2 Å². The number of likely N-dealkylation sites (tertiary alicyclic amines) is 2. The molecule has 4 heteroatoms. The number of piperidine rings is 1. The minimum absolute atomic E-state index is 0.168. The third-order valence-corrected chi connectivity index (χ3v) is 6.60. The standard InChI is InChI=1S/C22H34N2O2/c1-17-7-8-18(20(15-17)26-4)16-24-13-9-19(10-14-24)22(2)11-5-6-12-23(3)21(22)25/h7-8,15,19H,5-6,9-14,16H2,1-4H3/t22-/m0/s1. The summed E-state index contributed by atoms with van der Waals surface area (Å²) in [6.07, 6.45) is 5.60. The lowest BCUT2D eigenvalue weighted by molar-refractivity contribution is -0.143. The fraction of sp³-hybridized carbons (Fsp3) is 0.682. The zero-order valence-electron chi connectivity index (χ0n) is 16.9. The van der Waals surface area contributed by atoms with E-state index in [1.807, 2.05) is 11.9 Å². The van der Waals surface area contributed by atoms with Gasteiger partial charge in [0, 0.05) is 31.1 Å². The van der Waals surface area contributed by atoms with Gasteiger partial charge in [-0.25, -0.2) is 0 Å². The Hall–Kier alpha value is -1.55. The predicted octanol–water partition coefficient (Wildman–Crippen LogP) is 3.86. The van der Waals surface area contributed by atoms with Gasteiger partial charge in [0.05, 0.1) is 7.11 Å². The van der Waals surface area contributed by atoms with Crippen LogP contribution in [0.2, 0.25) is 0 Å². The quantitative estimate of drug-likeness (QED) is 0.819. The van der Waals surface area contributed by atoms with Crippen LogP contribution in [0.3, 0.4) is 0 Å². The summed E-state index contributed by atoms with van der Waals surface area (Å²) in [5.41, 5.74) is 2.32. The van der Waals surface area contributed by atoms with Gasteiger partial charge >= 0.3 is 0 Å². The van der Waals surface area contributed by atoms with Crippen LogP contribution in [0.25, 0.3) is 0 Å². The maximum Gasteiger partial charge on any atom is 0.228 e. The first-order chi connectivity index (χ1) is 12.4. The summed E-state index contributed by atoms with van der Waals surface area (Å²) in [7, 11) is 3.73. The van der Waals surface area contributed by atoms with Crippen molar-refractivity contribution in [3.8, 4) is 5.75 Å². The Morgan fingerprint density at radius 1 is 1.19 bits per heavy atom. The molecule has 0 aliphatic carbocycles. The molecule has 1 amide bonds. The molecule has 2 fully saturated rings. The van der Waals surface area contributed by atoms with E-state index >= 15 is 0 Å². The van der Waals surface area contributed by atoms with Gasteiger partial charge < -0.3 is 9.64 Å². The second-order valence-corrected chi connectivity index (χ2v) is 8.47. The number of methoxy groups -OCH3 is 1. The number of carbonyl (C=O) groups excluding carboxylic acids is 1. The second kappa shape index (κ2) is 7.99. The molecule has 3 rings (SSSR count). The molecule has 1 aromatic rings. The van der Waals surface area contributed by atoms with Gasteiger partial charge in [-0.1, -0.05) is 25.5 Å². The highest BCUT2D eigenvalue weighted by Gasteiger charge is 2.44. The van der Waals surface area contributed by atoms with E-state index in [2.05, 4.69) is 36.9 Å². The first-order valence-corrected chi connectivity index (χ1v) is 10.1. The van der Waals surface area contributed by atoms with Crippen LogP contribution in [0.1, 0.15) is 50.2 Å². The van der Waals surface area contributed by atoms with E-state index in [1.165, 1.54) is 17.5 Å². The molecule has 26 heavy (non-hydrogen) atoms. The first kappa shape index (κ1) is 19.2. The van der Waals surface area contributed by atoms with E-state index in [9.17, 15) is 4.79 Å². The average Bonchev–Trinajstić information content (AvgIpc) is 2.78. The number of aryl methyl sites for hydroxylation is 1. The zero-order valence-corrected chi connectivity index (χ0v) is 16.9. The number of ether oxygens (including phenoxy) is 1. The molecule has 0 radical (unpaired) electrons. The minimum atomic E-state index is -0.168. The van der Waals surface area contributed by atoms with E-state index in [4.69, 9.17) is 4.74 Å². The predicted molar refractivity (Wildman–Crippen MR) is 105 cm³/mol. The van der Waals surface area contributed by atoms with Crippen molar-refractivity contribution in [2.45, 2.75) is 52.5 Å². The molecule has 144 valence electrons. The van der Waals surface area contributed by atoms with Crippen LogP contribution in [0.5, 0.6) is 5.75 Å². The Morgan fingerprint density at radius 2 is 1.92 bits per heavy atom. The van der Waals surface area contributed by atoms with Gasteiger partial charge in [0.25, 0.3) is 0 Å². The van der Waals surface area contributed by atoms with E-state index in [1.54, 1.807) is 7.11 Å². The molecule has 1 atom stereocenters. The smallest absolute Gasteiger partial charge is 0.228 e. The molecule has 4 nitrogen and oxygen atoms in total. The second-order valence-electron chi connectivity index (χ2n) is 8.47. The summed E-state index contributed by atoms with van der Waals surface area (Å²) in [5, 5.41) is 0. The SMILES string of the molecule is COc1cc(C)ccc1CN1CCC([C@]2(C)CCCCN(C)C2=O)CC1. The number of rotatable bonds is 4. The highest BCUT2D eigenvalue weighted by atomic mass is 16.5. The summed E-state index contributed by atoms with van der Waals surface area (Å²) in [4.78, 5) is 17.4. The molecule has 0 N–H and O–H groups in total. The Kier molecular flexibility index (Phi) is 5.91. The maximum atomic E-state index is 13.0. The van der Waals surface area contributed by atoms with E-state index in [0.29, 0.717) is 11.8 Å². The van der Waals surface area contributed by atoms with Gasteiger partial charge in [0.15, 0.2) is 0 Å². The number of carbonyl (C=O) groups is 1. The largest absolute Gasteiger partial charge is 0.496 e. The van der Waals surface area contributed by atoms with Crippen LogP contribution in [-0.2, 0) is 11.3 Å². The van der Waals surface area contributed by atoms with Crippen molar-refractivity contribution in [1.82, 2.24) is 9.80 Å². The topological polar surface area (TPSA) is 32.8 Å². The Labute approximate surface area is 158 Å². The summed E-state index contributed by atoms with van der Waals surface area (Å²) < 4.78 is 5.56. The van der Waals surface area contributed by atoms with Crippen molar-refractivity contribution < 1.29 is 9.53 Å². The number of nitrogens with zero attached hydrogens (tertiary/aromatic N) is 2. The Morgan fingerprint density at radius 3 is 2.62 bits per heavy atom. The fourth-order valence-electron chi connectivity index (χ4n) is 4.82. The average molecular weight is 359 g/mol. The molecule has 1 aromatic carbocycles. The van der Waals surface area contributed by atoms with E-state index in [-0.39, 0.29) is 5.41 Å². The summed E-state index contributed by atoms with van der Waals surface area (Å²) in [5.74, 6) is 1.86. The molecule has 2 saturated heterocycles. The van der Waals surface area contributed by atoms with Crippen molar-refractivity contribution >= 4 is 5.91 Å². The highest BCUT2D eigenvalue weighted by molar-refractivity contribution is 5.82. The molecule has 0 bridgehead atoms. The lowest BCUT2D eigenvalue weighted by atomic mass is 9.69. The van der Waals surface area contributed by atoms with Crippen LogP contribution in [-0.4, -0.2) is 49.5 Å². The maximum absolute atomic E-state index is 13.0. The summed E-state index contributed by atoms with van der Waals surface area (Å²) >= 11 is 0. The monoisotopic (exact) mass is 358 g/mol. The van der Waals surface area contributed by atoms with Crippen LogP contribution in [0.4, 0.5) is 0 Å². The lowest BCUT2D eigenvalue weighted by Crippen LogP contribution is -2.47. The third kappa shape index (κ3) is 3.90. The molecule has 0 saturated carbocycles. The molecule has 2 aliphatic heterocycles. The molecular formula is C22H34N2O2. The molecule has 0 spiro atoms. The highest BCUT2D eigenvalue weighted by Crippen LogP contribution is 2.42. The van der Waals surface area contributed by atoms with Crippen molar-refractivity contribution in [2.24, 2.45) is 11.3 Å². The van der Waals surface area contributed by atoms with E-state index in [0.717, 1.165) is 57.6 Å². The van der Waals surface area contributed by atoms with Gasteiger partial charge in [-0.2, -0.15) is 0 Å². The van der Waals surface area contributed by atoms with Crippen molar-refractivity contribution in [2.75, 3.05) is 33.8 Å². The number of amides is 1. The van der Waals surface area contributed by atoms with Gasteiger partial charge in [-0.15, -0.1) is 0 Å². The van der Waals surface area contributed by atoms with Gasteiger partial charge in [0.1, 0.15) is 5.75 Å². The third-order valence-electron chi connectivity index (χ3n) is 6.60. The first-order valence-electron chi connectivity index (χ1n) is 10.1. The van der Waals surface area contributed by atoms with Crippen molar-refractivity contribution in [3.05, 3.63) is 29.3 Å². The molecule has 2 heterocycles. The normalized spacial score (nSPS) is 26.0. The molecular weight excluding hydrogens is 324 g/mol. The van der Waals surface area contributed by atoms with Gasteiger partial charge in [-0.3, -0.25) is 9.69 Å². The van der Waals surface area contributed by atoms with Crippen LogP contribution >= 0.6 is 0 Å². The lowest BCUT2D eigenvalue weighted by Gasteiger charge is -2.42. The summed E-state index contributed by atoms with van der Waals surface area (Å²) in [6, 6.07) is 6.46. The Balaban J connectivity index is 1.63. The van der Waals surface area contributed by atoms with Crippen LogP contribution in [0, 0.1) is 18.3 Å². The van der Waals surface area contributed by atoms with Crippen LogP contribution in [0.15, 0.2) is 18.2 Å². The minimum Gasteiger partial charge on any atom is -0.496 e. The zero-order chi connectivity index (χ0) is 18.7. The van der Waals surface area contributed by atoms with Crippen molar-refractivity contribution in [1.29, 1.82) is 0 Å². The fourth-order valence-corrected chi connectivity index (χ4v) is 4.82.